The Balaban J connectivity index is 3.39. The zero-order valence-electron chi connectivity index (χ0n) is 11.6. The van der Waals surface area contributed by atoms with E-state index in [-0.39, 0.29) is 6.42 Å². The van der Waals surface area contributed by atoms with Crippen molar-refractivity contribution in [2.45, 2.75) is 30.8 Å². The Morgan fingerprint density at radius 1 is 1.36 bits per heavy atom. The first kappa shape index (κ1) is 18.0. The third kappa shape index (κ3) is 4.46. The number of hydrogen-bond acceptors (Lipinski definition) is 4. The third-order valence-electron chi connectivity index (χ3n) is 2.65. The van der Waals surface area contributed by atoms with Crippen LogP contribution in [-0.4, -0.2) is 20.1 Å². The molecule has 1 amide bonds. The Labute approximate surface area is 125 Å². The van der Waals surface area contributed by atoms with E-state index in [9.17, 15) is 26.4 Å². The molecule has 0 heterocycles. The standard InChI is InChI=1S/C13H13F3N2O3S/c1-2-3-12(19)18-10-8-9(13(14,15)16)4-5-11(10)22(20,21)7-6-17/h4-5,8H,2-3,7H2,1H3,(H,18,19). The number of hydrogen-bond donors (Lipinski definition) is 1. The highest BCUT2D eigenvalue weighted by atomic mass is 32.2. The van der Waals surface area contributed by atoms with Crippen LogP contribution < -0.4 is 5.32 Å². The predicted molar refractivity (Wildman–Crippen MR) is 72.6 cm³/mol. The molecule has 0 atom stereocenters. The molecule has 0 radical (unpaired) electrons. The SMILES string of the molecule is CCCC(=O)Nc1cc(C(F)(F)F)ccc1S(=O)(=O)CC#N. The number of amides is 1. The van der Waals surface area contributed by atoms with E-state index < -0.39 is 43.8 Å². The molecule has 0 aliphatic carbocycles. The molecule has 0 fully saturated rings. The zero-order chi connectivity index (χ0) is 17.0. The first-order chi connectivity index (χ1) is 10.1. The minimum atomic E-state index is -4.68. The second kappa shape index (κ2) is 6.79. The smallest absolute Gasteiger partial charge is 0.325 e. The lowest BCUT2D eigenvalue weighted by Crippen LogP contribution is -2.16. The fourth-order valence-electron chi connectivity index (χ4n) is 1.68. The Kier molecular flexibility index (Phi) is 5.54. The molecule has 0 saturated heterocycles. The Morgan fingerprint density at radius 3 is 2.50 bits per heavy atom. The number of carbonyl (C=O) groups excluding carboxylic acids is 1. The maximum Gasteiger partial charge on any atom is 0.416 e. The lowest BCUT2D eigenvalue weighted by molar-refractivity contribution is -0.137. The number of nitrogens with one attached hydrogen (secondary N) is 1. The average Bonchev–Trinajstić information content (AvgIpc) is 2.37. The first-order valence-electron chi connectivity index (χ1n) is 6.22. The summed E-state index contributed by atoms with van der Waals surface area (Å²) in [5.41, 5.74) is -1.56. The molecule has 5 nitrogen and oxygen atoms in total. The second-order valence-electron chi connectivity index (χ2n) is 4.42. The van der Waals surface area contributed by atoms with Crippen LogP contribution in [0.1, 0.15) is 25.3 Å². The van der Waals surface area contributed by atoms with Gasteiger partial charge in [0.05, 0.1) is 22.2 Å². The fourth-order valence-corrected chi connectivity index (χ4v) is 2.72. The highest BCUT2D eigenvalue weighted by Gasteiger charge is 2.32. The summed E-state index contributed by atoms with van der Waals surface area (Å²) in [6.07, 6.45) is -4.19. The van der Waals surface area contributed by atoms with Crippen LogP contribution in [0.25, 0.3) is 0 Å². The molecule has 1 aromatic rings. The number of anilines is 1. The van der Waals surface area contributed by atoms with Gasteiger partial charge in [-0.05, 0) is 24.6 Å². The van der Waals surface area contributed by atoms with Crippen molar-refractivity contribution in [3.63, 3.8) is 0 Å². The molecule has 1 aromatic carbocycles. The zero-order valence-corrected chi connectivity index (χ0v) is 12.4. The molecule has 22 heavy (non-hydrogen) atoms. The highest BCUT2D eigenvalue weighted by Crippen LogP contribution is 2.34. The van der Waals surface area contributed by atoms with E-state index in [1.54, 1.807) is 6.92 Å². The van der Waals surface area contributed by atoms with Crippen LogP contribution in [0.2, 0.25) is 0 Å². The molecular weight excluding hydrogens is 321 g/mol. The molecule has 0 aromatic heterocycles. The van der Waals surface area contributed by atoms with Crippen molar-refractivity contribution in [1.82, 2.24) is 0 Å². The van der Waals surface area contributed by atoms with Crippen LogP contribution in [-0.2, 0) is 20.8 Å². The first-order valence-corrected chi connectivity index (χ1v) is 7.88. The molecule has 0 aliphatic rings. The van der Waals surface area contributed by atoms with E-state index in [1.807, 2.05) is 0 Å². The van der Waals surface area contributed by atoms with Crippen molar-refractivity contribution in [2.24, 2.45) is 0 Å². The normalized spacial score (nSPS) is 11.8. The van der Waals surface area contributed by atoms with Gasteiger partial charge in [-0.25, -0.2) is 8.42 Å². The van der Waals surface area contributed by atoms with Crippen LogP contribution in [0, 0.1) is 11.3 Å². The van der Waals surface area contributed by atoms with Gasteiger partial charge in [-0.1, -0.05) is 6.92 Å². The lowest BCUT2D eigenvalue weighted by atomic mass is 10.2. The van der Waals surface area contributed by atoms with Crippen molar-refractivity contribution < 1.29 is 26.4 Å². The van der Waals surface area contributed by atoms with Crippen molar-refractivity contribution in [1.29, 1.82) is 5.26 Å². The summed E-state index contributed by atoms with van der Waals surface area (Å²) in [6, 6.07) is 3.33. The van der Waals surface area contributed by atoms with Crippen molar-refractivity contribution in [2.75, 3.05) is 11.1 Å². The molecule has 0 spiro atoms. The summed E-state index contributed by atoms with van der Waals surface area (Å²) < 4.78 is 61.9. The number of benzene rings is 1. The van der Waals surface area contributed by atoms with Gasteiger partial charge in [-0.15, -0.1) is 0 Å². The summed E-state index contributed by atoms with van der Waals surface area (Å²) in [5, 5.41) is 10.7. The molecule has 9 heteroatoms. The number of alkyl halides is 3. The van der Waals surface area contributed by atoms with Gasteiger partial charge in [0.2, 0.25) is 5.91 Å². The van der Waals surface area contributed by atoms with Crippen molar-refractivity contribution >= 4 is 21.4 Å². The molecule has 0 saturated carbocycles. The fraction of sp³-hybridized carbons (Fsp3) is 0.385. The largest absolute Gasteiger partial charge is 0.416 e. The molecule has 0 bridgehead atoms. The summed E-state index contributed by atoms with van der Waals surface area (Å²) in [4.78, 5) is 11.1. The van der Waals surface area contributed by atoms with Crippen LogP contribution in [0.4, 0.5) is 18.9 Å². The van der Waals surface area contributed by atoms with Gasteiger partial charge in [0.25, 0.3) is 0 Å². The van der Waals surface area contributed by atoms with Crippen molar-refractivity contribution in [3.05, 3.63) is 23.8 Å². The number of halogens is 3. The van der Waals surface area contributed by atoms with E-state index in [1.165, 1.54) is 6.07 Å². The van der Waals surface area contributed by atoms with Gasteiger partial charge in [-0.3, -0.25) is 4.79 Å². The van der Waals surface area contributed by atoms with E-state index in [0.29, 0.717) is 18.6 Å². The summed E-state index contributed by atoms with van der Waals surface area (Å²) >= 11 is 0. The maximum absolute atomic E-state index is 12.7. The molecule has 120 valence electrons. The van der Waals surface area contributed by atoms with Crippen molar-refractivity contribution in [3.8, 4) is 6.07 Å². The van der Waals surface area contributed by atoms with E-state index in [0.717, 1.165) is 6.07 Å². The second-order valence-corrected chi connectivity index (χ2v) is 6.38. The number of carbonyl (C=O) groups is 1. The van der Waals surface area contributed by atoms with Gasteiger partial charge in [-0.2, -0.15) is 18.4 Å². The number of sulfone groups is 1. The van der Waals surface area contributed by atoms with E-state index in [4.69, 9.17) is 5.26 Å². The number of nitriles is 1. The molecular formula is C13H13F3N2O3S. The minimum Gasteiger partial charge on any atom is -0.325 e. The topological polar surface area (TPSA) is 87.0 Å². The molecule has 0 aliphatic heterocycles. The number of nitrogens with zero attached hydrogens (tertiary/aromatic N) is 1. The highest BCUT2D eigenvalue weighted by molar-refractivity contribution is 7.91. The maximum atomic E-state index is 12.7. The Bertz CT molecular complexity index is 706. The average molecular weight is 334 g/mol. The van der Waals surface area contributed by atoms with Gasteiger partial charge < -0.3 is 5.32 Å². The predicted octanol–water partition coefficient (Wildman–Crippen LogP) is 2.74. The van der Waals surface area contributed by atoms with E-state index >= 15 is 0 Å². The van der Waals surface area contributed by atoms with Gasteiger partial charge in [0.15, 0.2) is 9.84 Å². The van der Waals surface area contributed by atoms with Crippen LogP contribution >= 0.6 is 0 Å². The lowest BCUT2D eigenvalue weighted by Gasteiger charge is -2.14. The molecule has 0 unspecified atom stereocenters. The van der Waals surface area contributed by atoms with Crippen LogP contribution in [0.15, 0.2) is 23.1 Å². The van der Waals surface area contributed by atoms with Crippen LogP contribution in [0.5, 0.6) is 0 Å². The Morgan fingerprint density at radius 2 is 2.00 bits per heavy atom. The summed E-state index contributed by atoms with van der Waals surface area (Å²) in [5.74, 6) is -1.50. The third-order valence-corrected chi connectivity index (χ3v) is 4.18. The molecule has 1 N–H and O–H groups in total. The van der Waals surface area contributed by atoms with E-state index in [2.05, 4.69) is 5.32 Å². The Hall–Kier alpha value is -2.08. The quantitative estimate of drug-likeness (QED) is 0.897. The van der Waals surface area contributed by atoms with Gasteiger partial charge >= 0.3 is 6.18 Å². The van der Waals surface area contributed by atoms with Gasteiger partial charge in [0.1, 0.15) is 5.75 Å². The van der Waals surface area contributed by atoms with Gasteiger partial charge in [0, 0.05) is 6.42 Å². The monoisotopic (exact) mass is 334 g/mol. The minimum absolute atomic E-state index is 0.0357. The van der Waals surface area contributed by atoms with Crippen LogP contribution in [0.3, 0.4) is 0 Å². The number of rotatable bonds is 5. The summed E-state index contributed by atoms with van der Waals surface area (Å²) in [7, 11) is -4.11. The summed E-state index contributed by atoms with van der Waals surface area (Å²) in [6.45, 7) is 1.69. The molecule has 1 rings (SSSR count).